The number of allylic oxidation sites excluding steroid dienone is 2. The van der Waals surface area contributed by atoms with E-state index in [9.17, 15) is 4.39 Å². The molecule has 2 nitrogen and oxygen atoms in total. The Balaban J connectivity index is 1.91. The van der Waals surface area contributed by atoms with Gasteiger partial charge in [0.2, 0.25) is 0 Å². The van der Waals surface area contributed by atoms with Gasteiger partial charge in [-0.2, -0.15) is 0 Å². The van der Waals surface area contributed by atoms with Gasteiger partial charge in [-0.25, -0.2) is 4.39 Å². The molecule has 4 heteroatoms. The summed E-state index contributed by atoms with van der Waals surface area (Å²) in [7, 11) is 1.47. The SMILES string of the molecule is COc1ccc(C2C=C3C=CNC=C3S2)cc1F. The summed E-state index contributed by atoms with van der Waals surface area (Å²) in [6.07, 6.45) is 8.04. The Kier molecular flexibility index (Phi) is 2.88. The highest BCUT2D eigenvalue weighted by atomic mass is 32.2. The molecule has 2 heterocycles. The van der Waals surface area contributed by atoms with Crippen LogP contribution in [0.4, 0.5) is 4.39 Å². The van der Waals surface area contributed by atoms with Crippen molar-refractivity contribution in [2.24, 2.45) is 0 Å². The summed E-state index contributed by atoms with van der Waals surface area (Å²) in [5.41, 5.74) is 2.15. The first-order valence-corrected chi connectivity index (χ1v) is 6.51. The molecule has 1 aromatic carbocycles. The van der Waals surface area contributed by atoms with Gasteiger partial charge in [0, 0.05) is 17.3 Å². The zero-order valence-electron chi connectivity index (χ0n) is 9.81. The van der Waals surface area contributed by atoms with Gasteiger partial charge in [-0.1, -0.05) is 12.1 Å². The molecule has 0 fully saturated rings. The summed E-state index contributed by atoms with van der Waals surface area (Å²) in [4.78, 5) is 1.19. The molecule has 0 bridgehead atoms. The van der Waals surface area contributed by atoms with E-state index in [1.165, 1.54) is 17.6 Å². The zero-order valence-corrected chi connectivity index (χ0v) is 10.6. The lowest BCUT2D eigenvalue weighted by atomic mass is 10.1. The predicted octanol–water partition coefficient (Wildman–Crippen LogP) is 3.51. The highest BCUT2D eigenvalue weighted by Crippen LogP contribution is 2.47. The van der Waals surface area contributed by atoms with E-state index in [1.54, 1.807) is 23.9 Å². The number of hydrogen-bond acceptors (Lipinski definition) is 3. The first-order valence-electron chi connectivity index (χ1n) is 5.63. The second-order valence-corrected chi connectivity index (χ2v) is 5.25. The average Bonchev–Trinajstić information content (AvgIpc) is 2.82. The topological polar surface area (TPSA) is 21.3 Å². The van der Waals surface area contributed by atoms with Gasteiger partial charge in [-0.3, -0.25) is 0 Å². The quantitative estimate of drug-likeness (QED) is 0.880. The third kappa shape index (κ3) is 1.93. The minimum atomic E-state index is -0.313. The summed E-state index contributed by atoms with van der Waals surface area (Å²) in [6.45, 7) is 0. The molecular formula is C14H12FNOS. The maximum absolute atomic E-state index is 13.7. The molecule has 1 N–H and O–H groups in total. The van der Waals surface area contributed by atoms with Gasteiger partial charge in [-0.15, -0.1) is 11.8 Å². The molecule has 0 saturated heterocycles. The highest BCUT2D eigenvalue weighted by Gasteiger charge is 2.23. The van der Waals surface area contributed by atoms with Crippen LogP contribution in [0.1, 0.15) is 10.8 Å². The van der Waals surface area contributed by atoms with Gasteiger partial charge in [-0.05, 0) is 29.3 Å². The van der Waals surface area contributed by atoms with Crippen molar-refractivity contribution in [3.05, 3.63) is 64.6 Å². The number of benzene rings is 1. The number of fused-ring (bicyclic) bond motifs is 1. The fourth-order valence-electron chi connectivity index (χ4n) is 2.02. The van der Waals surface area contributed by atoms with Gasteiger partial charge < -0.3 is 10.1 Å². The molecule has 1 atom stereocenters. The van der Waals surface area contributed by atoms with E-state index in [0.29, 0.717) is 0 Å². The van der Waals surface area contributed by atoms with Gasteiger partial charge in [0.15, 0.2) is 11.6 Å². The minimum absolute atomic E-state index is 0.163. The van der Waals surface area contributed by atoms with E-state index < -0.39 is 0 Å². The number of halogens is 1. The zero-order chi connectivity index (χ0) is 12.5. The molecule has 2 aliphatic heterocycles. The van der Waals surface area contributed by atoms with E-state index in [0.717, 1.165) is 5.56 Å². The molecular weight excluding hydrogens is 249 g/mol. The van der Waals surface area contributed by atoms with Crippen LogP contribution in [0.3, 0.4) is 0 Å². The molecule has 1 unspecified atom stereocenters. The van der Waals surface area contributed by atoms with Crippen molar-refractivity contribution in [1.82, 2.24) is 5.32 Å². The van der Waals surface area contributed by atoms with Crippen molar-refractivity contribution in [3.63, 3.8) is 0 Å². The summed E-state index contributed by atoms with van der Waals surface area (Å²) in [5, 5.41) is 3.22. The molecule has 0 radical (unpaired) electrons. The van der Waals surface area contributed by atoms with E-state index in [1.807, 2.05) is 24.5 Å². The molecule has 2 aliphatic rings. The molecule has 3 rings (SSSR count). The lowest BCUT2D eigenvalue weighted by Crippen LogP contribution is -1.98. The van der Waals surface area contributed by atoms with Crippen LogP contribution in [-0.2, 0) is 0 Å². The molecule has 1 aromatic rings. The normalized spacial score (nSPS) is 20.9. The minimum Gasteiger partial charge on any atom is -0.494 e. The maximum Gasteiger partial charge on any atom is 0.165 e. The Morgan fingerprint density at radius 2 is 2.28 bits per heavy atom. The van der Waals surface area contributed by atoms with Crippen LogP contribution in [0, 0.1) is 5.82 Å². The Labute approximate surface area is 109 Å². The third-order valence-corrected chi connectivity index (χ3v) is 4.22. The number of nitrogens with one attached hydrogen (secondary N) is 1. The fourth-order valence-corrected chi connectivity index (χ4v) is 3.20. The van der Waals surface area contributed by atoms with Crippen LogP contribution in [0.5, 0.6) is 5.75 Å². The smallest absolute Gasteiger partial charge is 0.165 e. The highest BCUT2D eigenvalue weighted by molar-refractivity contribution is 8.04. The Morgan fingerprint density at radius 1 is 1.39 bits per heavy atom. The van der Waals surface area contributed by atoms with Crippen molar-refractivity contribution >= 4 is 11.8 Å². The first kappa shape index (κ1) is 11.4. The molecule has 0 amide bonds. The van der Waals surface area contributed by atoms with E-state index in [2.05, 4.69) is 11.4 Å². The Morgan fingerprint density at radius 3 is 3.00 bits per heavy atom. The molecule has 0 aliphatic carbocycles. The van der Waals surface area contributed by atoms with Crippen molar-refractivity contribution in [2.75, 3.05) is 7.11 Å². The van der Waals surface area contributed by atoms with Crippen LogP contribution in [0.25, 0.3) is 0 Å². The molecule has 18 heavy (non-hydrogen) atoms. The number of dihydropyridines is 1. The molecule has 0 aromatic heterocycles. The average molecular weight is 261 g/mol. The largest absolute Gasteiger partial charge is 0.494 e. The molecule has 0 spiro atoms. The van der Waals surface area contributed by atoms with E-state index in [4.69, 9.17) is 4.74 Å². The van der Waals surface area contributed by atoms with Gasteiger partial charge in [0.05, 0.1) is 12.4 Å². The number of methoxy groups -OCH3 is 1. The monoisotopic (exact) mass is 261 g/mol. The van der Waals surface area contributed by atoms with Crippen LogP contribution in [0.2, 0.25) is 0 Å². The van der Waals surface area contributed by atoms with Crippen LogP contribution in [0.15, 0.2) is 53.2 Å². The van der Waals surface area contributed by atoms with Crippen molar-refractivity contribution in [2.45, 2.75) is 5.25 Å². The maximum atomic E-state index is 13.7. The summed E-state index contributed by atoms with van der Waals surface area (Å²) in [6, 6.07) is 5.13. The third-order valence-electron chi connectivity index (χ3n) is 2.95. The van der Waals surface area contributed by atoms with Crippen molar-refractivity contribution in [3.8, 4) is 5.75 Å². The predicted molar refractivity (Wildman–Crippen MR) is 71.7 cm³/mol. The Bertz CT molecular complexity index is 577. The lowest BCUT2D eigenvalue weighted by molar-refractivity contribution is 0.386. The lowest BCUT2D eigenvalue weighted by Gasteiger charge is -2.10. The van der Waals surface area contributed by atoms with Gasteiger partial charge in [0.25, 0.3) is 0 Å². The van der Waals surface area contributed by atoms with Gasteiger partial charge >= 0.3 is 0 Å². The van der Waals surface area contributed by atoms with Crippen LogP contribution < -0.4 is 10.1 Å². The second-order valence-electron chi connectivity index (χ2n) is 4.06. The summed E-state index contributed by atoms with van der Waals surface area (Å²) in [5.74, 6) is -0.0286. The van der Waals surface area contributed by atoms with E-state index >= 15 is 0 Å². The number of rotatable bonds is 2. The number of ether oxygens (including phenoxy) is 1. The number of hydrogen-bond donors (Lipinski definition) is 1. The standard InChI is InChI=1S/C14H12FNOS/c1-17-12-3-2-9(6-11(12)15)13-7-10-4-5-16-8-14(10)18-13/h2-8,13,16H,1H3. The molecule has 92 valence electrons. The van der Waals surface area contributed by atoms with E-state index in [-0.39, 0.29) is 16.8 Å². The summed E-state index contributed by atoms with van der Waals surface area (Å²) >= 11 is 1.72. The van der Waals surface area contributed by atoms with Crippen LogP contribution in [-0.4, -0.2) is 7.11 Å². The number of thioether (sulfide) groups is 1. The first-order chi connectivity index (χ1) is 8.78. The van der Waals surface area contributed by atoms with Gasteiger partial charge in [0.1, 0.15) is 0 Å². The van der Waals surface area contributed by atoms with Crippen molar-refractivity contribution < 1.29 is 9.13 Å². The Hall–Kier alpha value is -1.68. The van der Waals surface area contributed by atoms with Crippen molar-refractivity contribution in [1.29, 1.82) is 0 Å². The fraction of sp³-hybridized carbons (Fsp3) is 0.143. The second kappa shape index (κ2) is 4.53. The van der Waals surface area contributed by atoms with Crippen LogP contribution >= 0.6 is 11.8 Å². The molecule has 0 saturated carbocycles. The summed E-state index contributed by atoms with van der Waals surface area (Å²) < 4.78 is 18.6.